The first kappa shape index (κ1) is 13.7. The Morgan fingerprint density at radius 2 is 2.24 bits per heavy atom. The maximum Gasteiger partial charge on any atom is 0.289 e. The summed E-state index contributed by atoms with van der Waals surface area (Å²) in [4.78, 5) is 15.8. The topological polar surface area (TPSA) is 75.4 Å². The number of nitrogens with zero attached hydrogens (tertiary/aromatic N) is 1. The van der Waals surface area contributed by atoms with Crippen LogP contribution >= 0.6 is 0 Å². The van der Waals surface area contributed by atoms with Gasteiger partial charge in [-0.15, -0.1) is 0 Å². The van der Waals surface area contributed by atoms with Gasteiger partial charge in [-0.2, -0.15) is 0 Å². The molecule has 0 aliphatic rings. The van der Waals surface area contributed by atoms with Crippen molar-refractivity contribution in [3.8, 4) is 0 Å². The highest BCUT2D eigenvalue weighted by Crippen LogP contribution is 2.10. The van der Waals surface area contributed by atoms with Crippen LogP contribution in [0.3, 0.4) is 0 Å². The van der Waals surface area contributed by atoms with E-state index in [-0.39, 0.29) is 18.3 Å². The summed E-state index contributed by atoms with van der Waals surface area (Å²) in [5, 5.41) is 11.7. The summed E-state index contributed by atoms with van der Waals surface area (Å²) in [6.45, 7) is 6.20. The van der Waals surface area contributed by atoms with Crippen LogP contribution in [0, 0.1) is 19.8 Å². The minimum Gasteiger partial charge on any atom is -0.436 e. The molecule has 5 nitrogen and oxygen atoms in total. The lowest BCUT2D eigenvalue weighted by molar-refractivity contribution is 0.0913. The van der Waals surface area contributed by atoms with E-state index in [1.165, 1.54) is 0 Å². The van der Waals surface area contributed by atoms with E-state index in [0.717, 1.165) is 6.42 Å². The first-order valence-electron chi connectivity index (χ1n) is 5.91. The van der Waals surface area contributed by atoms with Crippen LogP contribution in [0.4, 0.5) is 0 Å². The van der Waals surface area contributed by atoms with Crippen molar-refractivity contribution in [3.63, 3.8) is 0 Å². The van der Waals surface area contributed by atoms with Gasteiger partial charge in [0.25, 0.3) is 5.91 Å². The molecule has 96 valence electrons. The summed E-state index contributed by atoms with van der Waals surface area (Å²) in [7, 11) is 0. The number of aromatic nitrogens is 1. The molecule has 2 N–H and O–H groups in total. The number of aliphatic hydroxyl groups is 1. The molecule has 0 fully saturated rings. The molecule has 0 radical (unpaired) electrons. The third-order valence-corrected chi connectivity index (χ3v) is 2.78. The van der Waals surface area contributed by atoms with Crippen LogP contribution in [-0.4, -0.2) is 29.1 Å². The molecule has 1 unspecified atom stereocenters. The van der Waals surface area contributed by atoms with E-state index >= 15 is 0 Å². The zero-order chi connectivity index (χ0) is 12.8. The Morgan fingerprint density at radius 3 is 2.71 bits per heavy atom. The maximum atomic E-state index is 11.8. The summed E-state index contributed by atoms with van der Waals surface area (Å²) in [5.41, 5.74) is 0.607. The summed E-state index contributed by atoms with van der Waals surface area (Å²) in [5.74, 6) is 0.837. The molecular formula is C12H20N2O3. The Labute approximate surface area is 101 Å². The molecule has 0 saturated heterocycles. The van der Waals surface area contributed by atoms with Gasteiger partial charge in [0.2, 0.25) is 5.76 Å². The summed E-state index contributed by atoms with van der Waals surface area (Å²) in [6, 6.07) is 0. The number of hydrogen-bond acceptors (Lipinski definition) is 4. The first-order valence-corrected chi connectivity index (χ1v) is 5.91. The van der Waals surface area contributed by atoms with E-state index in [1.54, 1.807) is 13.8 Å². The van der Waals surface area contributed by atoms with E-state index in [2.05, 4.69) is 10.3 Å². The fraction of sp³-hybridized carbons (Fsp3) is 0.667. The molecule has 0 saturated carbocycles. The van der Waals surface area contributed by atoms with E-state index < -0.39 is 0 Å². The average molecular weight is 240 g/mol. The fourth-order valence-electron chi connectivity index (χ4n) is 1.69. The van der Waals surface area contributed by atoms with Crippen molar-refractivity contribution >= 4 is 5.91 Å². The molecule has 17 heavy (non-hydrogen) atoms. The molecule has 0 bridgehead atoms. The van der Waals surface area contributed by atoms with Crippen LogP contribution in [0.5, 0.6) is 0 Å². The highest BCUT2D eigenvalue weighted by atomic mass is 16.4. The number of oxazole rings is 1. The summed E-state index contributed by atoms with van der Waals surface area (Å²) in [6.07, 6.45) is 1.63. The molecule has 0 aromatic carbocycles. The van der Waals surface area contributed by atoms with Crippen LogP contribution in [0.2, 0.25) is 0 Å². The normalized spacial score (nSPS) is 12.5. The average Bonchev–Trinajstić information content (AvgIpc) is 2.63. The zero-order valence-electron chi connectivity index (χ0n) is 10.6. The molecule has 1 aromatic rings. The Balaban J connectivity index is 2.52. The number of carbonyl (C=O) groups is 1. The van der Waals surface area contributed by atoms with Gasteiger partial charge < -0.3 is 14.8 Å². The van der Waals surface area contributed by atoms with Crippen LogP contribution in [0.15, 0.2) is 4.42 Å². The van der Waals surface area contributed by atoms with Gasteiger partial charge in [0.05, 0.1) is 5.69 Å². The van der Waals surface area contributed by atoms with Crippen molar-refractivity contribution in [1.29, 1.82) is 0 Å². The number of rotatable bonds is 6. The molecule has 0 spiro atoms. The number of aliphatic hydroxyl groups excluding tert-OH is 1. The van der Waals surface area contributed by atoms with Gasteiger partial charge in [-0.05, 0) is 19.3 Å². The van der Waals surface area contributed by atoms with Gasteiger partial charge in [0, 0.05) is 20.1 Å². The van der Waals surface area contributed by atoms with Crippen molar-refractivity contribution in [2.24, 2.45) is 5.92 Å². The SMILES string of the molecule is CCC(CCO)CNC(=O)c1oc(C)nc1C. The molecule has 1 heterocycles. The molecule has 1 aromatic heterocycles. The van der Waals surface area contributed by atoms with Gasteiger partial charge in [0.1, 0.15) is 0 Å². The Hall–Kier alpha value is -1.36. The second-order valence-corrected chi connectivity index (χ2v) is 4.14. The molecule has 5 heteroatoms. The lowest BCUT2D eigenvalue weighted by atomic mass is 10.0. The largest absolute Gasteiger partial charge is 0.436 e. The van der Waals surface area contributed by atoms with Crippen LogP contribution in [0.1, 0.15) is 41.9 Å². The number of amides is 1. The van der Waals surface area contributed by atoms with Crippen molar-refractivity contribution in [1.82, 2.24) is 10.3 Å². The highest BCUT2D eigenvalue weighted by Gasteiger charge is 2.16. The zero-order valence-corrected chi connectivity index (χ0v) is 10.6. The summed E-state index contributed by atoms with van der Waals surface area (Å²) >= 11 is 0. The molecule has 1 rings (SSSR count). The Morgan fingerprint density at radius 1 is 1.53 bits per heavy atom. The minimum absolute atomic E-state index is 0.148. The highest BCUT2D eigenvalue weighted by molar-refractivity contribution is 5.92. The van der Waals surface area contributed by atoms with Crippen LogP contribution in [0.25, 0.3) is 0 Å². The molecule has 0 aliphatic carbocycles. The minimum atomic E-state index is -0.237. The van der Waals surface area contributed by atoms with E-state index in [0.29, 0.717) is 30.5 Å². The monoisotopic (exact) mass is 240 g/mol. The lowest BCUT2D eigenvalue weighted by Gasteiger charge is -2.13. The Bertz CT molecular complexity index is 374. The third kappa shape index (κ3) is 3.85. The molecule has 0 aliphatic heterocycles. The predicted molar refractivity (Wildman–Crippen MR) is 63.8 cm³/mol. The lowest BCUT2D eigenvalue weighted by Crippen LogP contribution is -2.29. The van der Waals surface area contributed by atoms with Crippen molar-refractivity contribution in [3.05, 3.63) is 17.3 Å². The number of carbonyl (C=O) groups excluding carboxylic acids is 1. The number of nitrogens with one attached hydrogen (secondary N) is 1. The van der Waals surface area contributed by atoms with E-state index in [9.17, 15) is 4.79 Å². The smallest absolute Gasteiger partial charge is 0.289 e. The predicted octanol–water partition coefficient (Wildman–Crippen LogP) is 1.43. The van der Waals surface area contributed by atoms with Crippen molar-refractivity contribution in [2.45, 2.75) is 33.6 Å². The van der Waals surface area contributed by atoms with Gasteiger partial charge in [-0.1, -0.05) is 13.3 Å². The summed E-state index contributed by atoms with van der Waals surface area (Å²) < 4.78 is 5.23. The first-order chi connectivity index (χ1) is 8.08. The fourth-order valence-corrected chi connectivity index (χ4v) is 1.69. The Kier molecular flexibility index (Phi) is 5.15. The van der Waals surface area contributed by atoms with Crippen molar-refractivity contribution < 1.29 is 14.3 Å². The van der Waals surface area contributed by atoms with Crippen LogP contribution in [-0.2, 0) is 0 Å². The van der Waals surface area contributed by atoms with Gasteiger partial charge in [-0.3, -0.25) is 4.79 Å². The second kappa shape index (κ2) is 6.39. The van der Waals surface area contributed by atoms with Crippen molar-refractivity contribution in [2.75, 3.05) is 13.2 Å². The third-order valence-electron chi connectivity index (χ3n) is 2.78. The molecule has 1 amide bonds. The molecular weight excluding hydrogens is 220 g/mol. The van der Waals surface area contributed by atoms with Gasteiger partial charge >= 0.3 is 0 Å². The second-order valence-electron chi connectivity index (χ2n) is 4.14. The quantitative estimate of drug-likeness (QED) is 0.788. The van der Waals surface area contributed by atoms with E-state index in [4.69, 9.17) is 9.52 Å². The van der Waals surface area contributed by atoms with Gasteiger partial charge in [-0.25, -0.2) is 4.98 Å². The standard InChI is InChI=1S/C12H20N2O3/c1-4-10(5-6-15)7-13-12(16)11-8(2)14-9(3)17-11/h10,15H,4-7H2,1-3H3,(H,13,16). The maximum absolute atomic E-state index is 11.8. The molecule has 1 atom stereocenters. The van der Waals surface area contributed by atoms with Gasteiger partial charge in [0.15, 0.2) is 5.89 Å². The van der Waals surface area contributed by atoms with Crippen LogP contribution < -0.4 is 5.32 Å². The number of hydrogen-bond donors (Lipinski definition) is 2. The van der Waals surface area contributed by atoms with E-state index in [1.807, 2.05) is 6.92 Å². The number of aryl methyl sites for hydroxylation is 2.